The van der Waals surface area contributed by atoms with Crippen LogP contribution in [0.1, 0.15) is 11.1 Å². The Labute approximate surface area is 99.6 Å². The fourth-order valence-corrected chi connectivity index (χ4v) is 2.13. The van der Waals surface area contributed by atoms with Gasteiger partial charge in [-0.05, 0) is 36.3 Å². The van der Waals surface area contributed by atoms with E-state index in [4.69, 9.17) is 11.6 Å². The van der Waals surface area contributed by atoms with Crippen LogP contribution in [-0.2, 0) is 6.54 Å². The van der Waals surface area contributed by atoms with E-state index >= 15 is 0 Å². The highest BCUT2D eigenvalue weighted by atomic mass is 35.5. The molecule has 0 aromatic heterocycles. The second kappa shape index (κ2) is 3.49. The zero-order valence-electron chi connectivity index (χ0n) is 8.94. The van der Waals surface area contributed by atoms with E-state index in [0.29, 0.717) is 0 Å². The summed E-state index contributed by atoms with van der Waals surface area (Å²) in [5.41, 5.74) is 3.32. The number of hydrogen-bond acceptors (Lipinski definition) is 2. The molecule has 3 heteroatoms. The largest absolute Gasteiger partial charge is 0.329 e. The second-order valence-corrected chi connectivity index (χ2v) is 4.44. The third-order valence-corrected chi connectivity index (χ3v) is 3.26. The first-order chi connectivity index (χ1) is 7.74. The Morgan fingerprint density at radius 3 is 3.06 bits per heavy atom. The van der Waals surface area contributed by atoms with E-state index in [2.05, 4.69) is 16.0 Å². The molecule has 0 N–H and O–H groups in total. The summed E-state index contributed by atoms with van der Waals surface area (Å²) < 4.78 is 0. The lowest BCUT2D eigenvalue weighted by Crippen LogP contribution is -2.27. The highest BCUT2D eigenvalue weighted by Crippen LogP contribution is 2.32. The Hall–Kier alpha value is -1.54. The van der Waals surface area contributed by atoms with Gasteiger partial charge in [0, 0.05) is 11.2 Å². The molecule has 1 aromatic rings. The van der Waals surface area contributed by atoms with E-state index in [1.807, 2.05) is 37.4 Å². The maximum absolute atomic E-state index is 6.11. The molecule has 2 heterocycles. The molecule has 0 amide bonds. The van der Waals surface area contributed by atoms with Gasteiger partial charge in [-0.3, -0.25) is 0 Å². The van der Waals surface area contributed by atoms with Crippen LogP contribution in [-0.4, -0.2) is 10.7 Å². The molecule has 0 bridgehead atoms. The van der Waals surface area contributed by atoms with E-state index in [0.717, 1.165) is 28.7 Å². The zero-order valence-corrected chi connectivity index (χ0v) is 9.70. The number of aliphatic imine (C=N–C) groups is 1. The van der Waals surface area contributed by atoms with Crippen molar-refractivity contribution in [3.63, 3.8) is 0 Å². The molecule has 0 atom stereocenters. The summed E-state index contributed by atoms with van der Waals surface area (Å²) >= 11 is 6.11. The van der Waals surface area contributed by atoms with Gasteiger partial charge in [-0.2, -0.15) is 0 Å². The molecule has 3 rings (SSSR count). The number of rotatable bonds is 0. The van der Waals surface area contributed by atoms with Gasteiger partial charge in [0.2, 0.25) is 0 Å². The standard InChI is InChI=1S/C13H11ClN2/c1-9-6-10-8-16-5-3-2-4-13(16)15-12(10)7-11(9)14/h2-7H,8H2,1H3. The molecule has 2 aliphatic rings. The van der Waals surface area contributed by atoms with Gasteiger partial charge in [-0.15, -0.1) is 0 Å². The number of hydrogen-bond donors (Lipinski definition) is 0. The molecule has 0 radical (unpaired) electrons. The van der Waals surface area contributed by atoms with Crippen LogP contribution in [0, 0.1) is 6.92 Å². The number of allylic oxidation sites excluding steroid dienone is 2. The maximum Gasteiger partial charge on any atom is 0.133 e. The molecule has 0 saturated carbocycles. The van der Waals surface area contributed by atoms with Crippen molar-refractivity contribution in [1.82, 2.24) is 4.90 Å². The molecule has 0 spiro atoms. The van der Waals surface area contributed by atoms with E-state index in [9.17, 15) is 0 Å². The predicted molar refractivity (Wildman–Crippen MR) is 67.1 cm³/mol. The predicted octanol–water partition coefficient (Wildman–Crippen LogP) is 3.58. The lowest BCUT2D eigenvalue weighted by atomic mass is 10.1. The van der Waals surface area contributed by atoms with Gasteiger partial charge in [-0.1, -0.05) is 23.7 Å². The first-order valence-corrected chi connectivity index (χ1v) is 5.61. The van der Waals surface area contributed by atoms with Crippen LogP contribution < -0.4 is 0 Å². The monoisotopic (exact) mass is 230 g/mol. The van der Waals surface area contributed by atoms with Gasteiger partial charge in [0.15, 0.2) is 0 Å². The van der Waals surface area contributed by atoms with Crippen molar-refractivity contribution in [2.75, 3.05) is 0 Å². The lowest BCUT2D eigenvalue weighted by molar-refractivity contribution is 0.544. The molecule has 16 heavy (non-hydrogen) atoms. The summed E-state index contributed by atoms with van der Waals surface area (Å²) in [6.07, 6.45) is 8.07. The summed E-state index contributed by atoms with van der Waals surface area (Å²) in [4.78, 5) is 6.72. The number of nitrogens with zero attached hydrogens (tertiary/aromatic N) is 2. The van der Waals surface area contributed by atoms with Gasteiger partial charge >= 0.3 is 0 Å². The Kier molecular flexibility index (Phi) is 2.11. The number of amidine groups is 1. The Morgan fingerprint density at radius 2 is 2.19 bits per heavy atom. The number of halogens is 1. The third kappa shape index (κ3) is 1.46. The number of benzene rings is 1. The highest BCUT2D eigenvalue weighted by Gasteiger charge is 2.18. The van der Waals surface area contributed by atoms with E-state index in [1.165, 1.54) is 5.56 Å². The van der Waals surface area contributed by atoms with Gasteiger partial charge in [0.25, 0.3) is 0 Å². The molecule has 80 valence electrons. The molecule has 0 fully saturated rings. The summed E-state index contributed by atoms with van der Waals surface area (Å²) in [5, 5.41) is 0.784. The van der Waals surface area contributed by atoms with Crippen molar-refractivity contribution in [3.8, 4) is 0 Å². The van der Waals surface area contributed by atoms with Gasteiger partial charge < -0.3 is 4.90 Å². The van der Waals surface area contributed by atoms with Gasteiger partial charge in [0.05, 0.1) is 12.2 Å². The smallest absolute Gasteiger partial charge is 0.133 e. The average Bonchev–Trinajstić information content (AvgIpc) is 2.28. The van der Waals surface area contributed by atoms with Crippen LogP contribution in [0.5, 0.6) is 0 Å². The van der Waals surface area contributed by atoms with Crippen molar-refractivity contribution < 1.29 is 0 Å². The molecule has 0 unspecified atom stereocenters. The Balaban J connectivity index is 2.14. The summed E-state index contributed by atoms with van der Waals surface area (Å²) in [7, 11) is 0. The van der Waals surface area contributed by atoms with Crippen LogP contribution in [0.2, 0.25) is 5.02 Å². The highest BCUT2D eigenvalue weighted by molar-refractivity contribution is 6.31. The molecular formula is C13H11ClN2. The van der Waals surface area contributed by atoms with Crippen molar-refractivity contribution in [1.29, 1.82) is 0 Å². The van der Waals surface area contributed by atoms with Gasteiger partial charge in [0.1, 0.15) is 5.84 Å². The Bertz CT molecular complexity index is 541. The normalized spacial score (nSPS) is 16.9. The van der Waals surface area contributed by atoms with Crippen molar-refractivity contribution in [2.45, 2.75) is 13.5 Å². The summed E-state index contributed by atoms with van der Waals surface area (Å²) in [6, 6.07) is 4.06. The van der Waals surface area contributed by atoms with Gasteiger partial charge in [-0.25, -0.2) is 4.99 Å². The molecule has 0 saturated heterocycles. The summed E-state index contributed by atoms with van der Waals surface area (Å²) in [5.74, 6) is 0.981. The van der Waals surface area contributed by atoms with Crippen molar-refractivity contribution in [2.24, 2.45) is 4.99 Å². The van der Waals surface area contributed by atoms with E-state index in [1.54, 1.807) is 0 Å². The number of fused-ring (bicyclic) bond motifs is 2. The molecule has 1 aromatic carbocycles. The average molecular weight is 231 g/mol. The first-order valence-electron chi connectivity index (χ1n) is 5.23. The SMILES string of the molecule is Cc1cc2c(cc1Cl)N=C1C=CC=CN1C2. The second-order valence-electron chi connectivity index (χ2n) is 4.03. The van der Waals surface area contributed by atoms with Crippen molar-refractivity contribution in [3.05, 3.63) is 52.7 Å². The first kappa shape index (κ1) is 9.67. The molecule has 2 aliphatic heterocycles. The lowest BCUT2D eigenvalue weighted by Gasteiger charge is -2.27. The summed E-state index contributed by atoms with van der Waals surface area (Å²) in [6.45, 7) is 2.89. The van der Waals surface area contributed by atoms with Crippen LogP contribution in [0.15, 0.2) is 41.6 Å². The van der Waals surface area contributed by atoms with Crippen LogP contribution in [0.3, 0.4) is 0 Å². The number of aryl methyl sites for hydroxylation is 1. The molecular weight excluding hydrogens is 220 g/mol. The van der Waals surface area contributed by atoms with Crippen molar-refractivity contribution >= 4 is 23.1 Å². The molecule has 2 nitrogen and oxygen atoms in total. The fourth-order valence-electron chi connectivity index (χ4n) is 1.97. The minimum absolute atomic E-state index is 0.784. The quantitative estimate of drug-likeness (QED) is 0.665. The minimum atomic E-state index is 0.784. The van der Waals surface area contributed by atoms with E-state index < -0.39 is 0 Å². The Morgan fingerprint density at radius 1 is 1.31 bits per heavy atom. The van der Waals surface area contributed by atoms with Crippen LogP contribution in [0.4, 0.5) is 5.69 Å². The minimum Gasteiger partial charge on any atom is -0.329 e. The topological polar surface area (TPSA) is 15.6 Å². The van der Waals surface area contributed by atoms with Crippen LogP contribution in [0.25, 0.3) is 0 Å². The zero-order chi connectivity index (χ0) is 11.1. The molecule has 0 aliphatic carbocycles. The third-order valence-electron chi connectivity index (χ3n) is 2.85. The van der Waals surface area contributed by atoms with Crippen LogP contribution >= 0.6 is 11.6 Å². The maximum atomic E-state index is 6.11. The van der Waals surface area contributed by atoms with E-state index in [-0.39, 0.29) is 0 Å². The fraction of sp³-hybridized carbons (Fsp3) is 0.154.